The predicted molar refractivity (Wildman–Crippen MR) is 85.1 cm³/mol. The summed E-state index contributed by atoms with van der Waals surface area (Å²) >= 11 is 3.39. The second-order valence-electron chi connectivity index (χ2n) is 4.49. The molecule has 0 radical (unpaired) electrons. The Kier molecular flexibility index (Phi) is 3.91. The minimum absolute atomic E-state index is 0.469. The number of thiazole rings is 2. The SMILES string of the molecule is Cc1nc(Cc2nc(CN)c(-c3ccccc3)s2)cs1. The molecule has 0 bridgehead atoms. The second kappa shape index (κ2) is 5.83. The maximum absolute atomic E-state index is 5.83. The van der Waals surface area contributed by atoms with E-state index in [1.54, 1.807) is 22.7 Å². The Labute approximate surface area is 126 Å². The molecule has 0 aliphatic carbocycles. The maximum atomic E-state index is 5.83. The molecule has 0 saturated heterocycles. The van der Waals surface area contributed by atoms with Crippen LogP contribution >= 0.6 is 22.7 Å². The number of aryl methyl sites for hydroxylation is 1. The fourth-order valence-electron chi connectivity index (χ4n) is 2.07. The highest BCUT2D eigenvalue weighted by atomic mass is 32.1. The molecular formula is C15H15N3S2. The maximum Gasteiger partial charge on any atom is 0.0995 e. The van der Waals surface area contributed by atoms with Crippen molar-refractivity contribution in [1.29, 1.82) is 0 Å². The molecule has 0 amide bonds. The lowest BCUT2D eigenvalue weighted by Crippen LogP contribution is -1.99. The Hall–Kier alpha value is -1.56. The van der Waals surface area contributed by atoms with Crippen LogP contribution in [0.3, 0.4) is 0 Å². The molecule has 2 heterocycles. The number of nitrogens with zero attached hydrogens (tertiary/aromatic N) is 2. The van der Waals surface area contributed by atoms with Crippen molar-refractivity contribution in [1.82, 2.24) is 9.97 Å². The van der Waals surface area contributed by atoms with Crippen LogP contribution in [0.1, 0.15) is 21.4 Å². The van der Waals surface area contributed by atoms with Gasteiger partial charge in [0, 0.05) is 18.3 Å². The minimum Gasteiger partial charge on any atom is -0.325 e. The zero-order valence-corrected chi connectivity index (χ0v) is 12.8. The first-order valence-corrected chi connectivity index (χ1v) is 8.11. The molecule has 2 aromatic heterocycles. The molecule has 2 N–H and O–H groups in total. The molecule has 0 aliphatic heterocycles. The van der Waals surface area contributed by atoms with E-state index in [0.29, 0.717) is 6.54 Å². The number of benzene rings is 1. The predicted octanol–water partition coefficient (Wildman–Crippen LogP) is 3.62. The first-order chi connectivity index (χ1) is 9.76. The van der Waals surface area contributed by atoms with Crippen LogP contribution in [0.15, 0.2) is 35.7 Å². The topological polar surface area (TPSA) is 51.8 Å². The van der Waals surface area contributed by atoms with Crippen LogP contribution in [-0.4, -0.2) is 9.97 Å². The highest BCUT2D eigenvalue weighted by Gasteiger charge is 2.13. The Morgan fingerprint density at radius 3 is 2.60 bits per heavy atom. The molecule has 1 aromatic carbocycles. The average Bonchev–Trinajstić information content (AvgIpc) is 3.06. The van der Waals surface area contributed by atoms with E-state index in [-0.39, 0.29) is 0 Å². The van der Waals surface area contributed by atoms with E-state index in [9.17, 15) is 0 Å². The quantitative estimate of drug-likeness (QED) is 0.800. The van der Waals surface area contributed by atoms with E-state index in [1.165, 1.54) is 10.4 Å². The molecule has 0 unspecified atom stereocenters. The highest BCUT2D eigenvalue weighted by Crippen LogP contribution is 2.31. The van der Waals surface area contributed by atoms with E-state index < -0.39 is 0 Å². The Morgan fingerprint density at radius 2 is 1.95 bits per heavy atom. The van der Waals surface area contributed by atoms with Gasteiger partial charge in [0.05, 0.1) is 26.3 Å². The fourth-order valence-corrected chi connectivity index (χ4v) is 3.80. The van der Waals surface area contributed by atoms with Crippen LogP contribution < -0.4 is 5.73 Å². The monoisotopic (exact) mass is 301 g/mol. The molecule has 102 valence electrons. The summed E-state index contributed by atoms with van der Waals surface area (Å²) in [5.74, 6) is 0. The number of rotatable bonds is 4. The molecular weight excluding hydrogens is 286 g/mol. The van der Waals surface area contributed by atoms with Crippen molar-refractivity contribution in [2.45, 2.75) is 19.9 Å². The van der Waals surface area contributed by atoms with Gasteiger partial charge in [-0.05, 0) is 12.5 Å². The lowest BCUT2D eigenvalue weighted by Gasteiger charge is -1.98. The standard InChI is InChI=1S/C15H15N3S2/c1-10-17-12(9-19-10)7-14-18-13(8-16)15(20-14)11-5-3-2-4-6-11/h2-6,9H,7-8,16H2,1H3. The van der Waals surface area contributed by atoms with E-state index in [2.05, 4.69) is 27.5 Å². The van der Waals surface area contributed by atoms with Gasteiger partial charge in [0.15, 0.2) is 0 Å². The van der Waals surface area contributed by atoms with E-state index in [1.807, 2.05) is 25.1 Å². The van der Waals surface area contributed by atoms with Gasteiger partial charge in [-0.15, -0.1) is 22.7 Å². The lowest BCUT2D eigenvalue weighted by atomic mass is 10.1. The smallest absolute Gasteiger partial charge is 0.0995 e. The van der Waals surface area contributed by atoms with Gasteiger partial charge in [0.2, 0.25) is 0 Å². The lowest BCUT2D eigenvalue weighted by molar-refractivity contribution is 0.973. The molecule has 0 saturated carbocycles. The van der Waals surface area contributed by atoms with E-state index in [0.717, 1.165) is 27.8 Å². The van der Waals surface area contributed by atoms with Crippen LogP contribution in [0.4, 0.5) is 0 Å². The van der Waals surface area contributed by atoms with Crippen LogP contribution in [0.25, 0.3) is 10.4 Å². The van der Waals surface area contributed by atoms with Gasteiger partial charge in [-0.25, -0.2) is 9.97 Å². The van der Waals surface area contributed by atoms with Crippen LogP contribution in [-0.2, 0) is 13.0 Å². The zero-order valence-electron chi connectivity index (χ0n) is 11.2. The van der Waals surface area contributed by atoms with Crippen LogP contribution in [0.5, 0.6) is 0 Å². The molecule has 0 atom stereocenters. The number of nitrogens with two attached hydrogens (primary N) is 1. The third-order valence-electron chi connectivity index (χ3n) is 2.97. The summed E-state index contributed by atoms with van der Waals surface area (Å²) in [5.41, 5.74) is 9.08. The molecule has 3 aromatic rings. The first kappa shape index (κ1) is 13.4. The summed E-state index contributed by atoms with van der Waals surface area (Å²) in [6, 6.07) is 10.3. The van der Waals surface area contributed by atoms with Gasteiger partial charge in [0.1, 0.15) is 0 Å². The average molecular weight is 301 g/mol. The zero-order chi connectivity index (χ0) is 13.9. The summed E-state index contributed by atoms with van der Waals surface area (Å²) in [5, 5.41) is 4.27. The Morgan fingerprint density at radius 1 is 1.15 bits per heavy atom. The van der Waals surface area contributed by atoms with Crippen molar-refractivity contribution in [3.05, 3.63) is 57.1 Å². The molecule has 0 spiro atoms. The Bertz CT molecular complexity index is 701. The second-order valence-corrected chi connectivity index (χ2v) is 6.63. The molecule has 3 nitrogen and oxygen atoms in total. The van der Waals surface area contributed by atoms with Gasteiger partial charge in [-0.1, -0.05) is 30.3 Å². The molecule has 5 heteroatoms. The van der Waals surface area contributed by atoms with Crippen molar-refractivity contribution >= 4 is 22.7 Å². The summed E-state index contributed by atoms with van der Waals surface area (Å²) < 4.78 is 0. The number of aromatic nitrogens is 2. The highest BCUT2D eigenvalue weighted by molar-refractivity contribution is 7.15. The van der Waals surface area contributed by atoms with Gasteiger partial charge in [0.25, 0.3) is 0 Å². The number of hydrogen-bond donors (Lipinski definition) is 1. The molecule has 3 rings (SSSR count). The van der Waals surface area contributed by atoms with Gasteiger partial charge in [-0.3, -0.25) is 0 Å². The van der Waals surface area contributed by atoms with Crippen molar-refractivity contribution in [3.8, 4) is 10.4 Å². The summed E-state index contributed by atoms with van der Waals surface area (Å²) in [6.07, 6.45) is 0.787. The normalized spacial score (nSPS) is 10.9. The molecule has 20 heavy (non-hydrogen) atoms. The largest absolute Gasteiger partial charge is 0.325 e. The van der Waals surface area contributed by atoms with Crippen molar-refractivity contribution in [2.75, 3.05) is 0 Å². The van der Waals surface area contributed by atoms with Gasteiger partial charge >= 0.3 is 0 Å². The summed E-state index contributed by atoms with van der Waals surface area (Å²) in [7, 11) is 0. The van der Waals surface area contributed by atoms with Crippen molar-refractivity contribution in [2.24, 2.45) is 5.73 Å². The first-order valence-electron chi connectivity index (χ1n) is 6.41. The van der Waals surface area contributed by atoms with Crippen molar-refractivity contribution in [3.63, 3.8) is 0 Å². The van der Waals surface area contributed by atoms with Crippen molar-refractivity contribution < 1.29 is 0 Å². The summed E-state index contributed by atoms with van der Waals surface area (Å²) in [6.45, 7) is 2.49. The minimum atomic E-state index is 0.469. The fraction of sp³-hybridized carbons (Fsp3) is 0.200. The molecule has 0 aliphatic rings. The molecule has 0 fully saturated rings. The van der Waals surface area contributed by atoms with E-state index >= 15 is 0 Å². The van der Waals surface area contributed by atoms with E-state index in [4.69, 9.17) is 5.73 Å². The van der Waals surface area contributed by atoms with Gasteiger partial charge in [-0.2, -0.15) is 0 Å². The van der Waals surface area contributed by atoms with Gasteiger partial charge < -0.3 is 5.73 Å². The third kappa shape index (κ3) is 2.80. The third-order valence-corrected chi connectivity index (χ3v) is 4.94. The van der Waals surface area contributed by atoms with Crippen LogP contribution in [0.2, 0.25) is 0 Å². The summed E-state index contributed by atoms with van der Waals surface area (Å²) in [4.78, 5) is 10.3. The van der Waals surface area contributed by atoms with Crippen LogP contribution in [0, 0.1) is 6.92 Å². The number of hydrogen-bond acceptors (Lipinski definition) is 5. The Balaban J connectivity index is 1.92.